The molecule has 1 aromatic carbocycles. The Bertz CT molecular complexity index is 512. The maximum atomic E-state index is 13.6. The van der Waals surface area contributed by atoms with Gasteiger partial charge < -0.3 is 10.5 Å². The summed E-state index contributed by atoms with van der Waals surface area (Å²) in [5.41, 5.74) is 5.08. The van der Waals surface area contributed by atoms with Crippen LogP contribution in [0.15, 0.2) is 23.1 Å². The van der Waals surface area contributed by atoms with E-state index in [1.54, 1.807) is 0 Å². The second kappa shape index (κ2) is 6.10. The SMILES string of the molecule is COC(=O)C1(N)CCCC(Sc2ccc(F)cc2F)C1. The van der Waals surface area contributed by atoms with Gasteiger partial charge in [-0.1, -0.05) is 0 Å². The zero-order valence-electron chi connectivity index (χ0n) is 11.2. The molecule has 3 nitrogen and oxygen atoms in total. The number of halogens is 2. The molecule has 1 aliphatic rings. The third-order valence-electron chi connectivity index (χ3n) is 3.52. The van der Waals surface area contributed by atoms with Crippen molar-refractivity contribution >= 4 is 17.7 Å². The largest absolute Gasteiger partial charge is 0.468 e. The van der Waals surface area contributed by atoms with E-state index in [0.717, 1.165) is 18.9 Å². The molecule has 0 amide bonds. The zero-order valence-corrected chi connectivity index (χ0v) is 12.0. The molecule has 2 N–H and O–H groups in total. The Kier molecular flexibility index (Phi) is 4.65. The smallest absolute Gasteiger partial charge is 0.325 e. The lowest BCUT2D eigenvalue weighted by Gasteiger charge is -2.35. The maximum Gasteiger partial charge on any atom is 0.325 e. The van der Waals surface area contributed by atoms with Crippen LogP contribution in [-0.2, 0) is 9.53 Å². The van der Waals surface area contributed by atoms with Gasteiger partial charge in [-0.3, -0.25) is 4.79 Å². The number of hydrogen-bond donors (Lipinski definition) is 1. The lowest BCUT2D eigenvalue weighted by molar-refractivity contribution is -0.148. The number of benzene rings is 1. The molecule has 1 fully saturated rings. The second-order valence-electron chi connectivity index (χ2n) is 5.06. The van der Waals surface area contributed by atoms with Crippen LogP contribution in [0.1, 0.15) is 25.7 Å². The van der Waals surface area contributed by atoms with E-state index in [0.29, 0.717) is 17.7 Å². The summed E-state index contributed by atoms with van der Waals surface area (Å²) in [5.74, 6) is -1.61. The summed E-state index contributed by atoms with van der Waals surface area (Å²) >= 11 is 1.30. The molecule has 1 aliphatic carbocycles. The Hall–Kier alpha value is -1.14. The van der Waals surface area contributed by atoms with Crippen LogP contribution in [-0.4, -0.2) is 23.9 Å². The third-order valence-corrected chi connectivity index (χ3v) is 4.84. The molecule has 1 saturated carbocycles. The highest BCUT2D eigenvalue weighted by molar-refractivity contribution is 8.00. The summed E-state index contributed by atoms with van der Waals surface area (Å²) in [4.78, 5) is 12.1. The summed E-state index contributed by atoms with van der Waals surface area (Å²) in [6, 6.07) is 3.51. The predicted octanol–water partition coefficient (Wildman–Crippen LogP) is 2.87. The van der Waals surface area contributed by atoms with E-state index in [9.17, 15) is 13.6 Å². The van der Waals surface area contributed by atoms with E-state index >= 15 is 0 Å². The lowest BCUT2D eigenvalue weighted by Crippen LogP contribution is -2.52. The van der Waals surface area contributed by atoms with Gasteiger partial charge in [-0.2, -0.15) is 0 Å². The summed E-state index contributed by atoms with van der Waals surface area (Å²) < 4.78 is 31.2. The first kappa shape index (κ1) is 15.3. The first-order valence-corrected chi connectivity index (χ1v) is 7.31. The molecule has 0 spiro atoms. The van der Waals surface area contributed by atoms with Crippen molar-refractivity contribution in [2.45, 2.75) is 41.4 Å². The number of ether oxygens (including phenoxy) is 1. The number of esters is 1. The number of carbonyl (C=O) groups is 1. The maximum absolute atomic E-state index is 13.6. The highest BCUT2D eigenvalue weighted by atomic mass is 32.2. The minimum atomic E-state index is -0.999. The number of hydrogen-bond acceptors (Lipinski definition) is 4. The molecule has 110 valence electrons. The predicted molar refractivity (Wildman–Crippen MR) is 73.4 cm³/mol. The van der Waals surface area contributed by atoms with Crippen molar-refractivity contribution in [1.82, 2.24) is 0 Å². The number of nitrogens with two attached hydrogens (primary N) is 1. The molecule has 0 heterocycles. The van der Waals surface area contributed by atoms with Gasteiger partial charge in [0.2, 0.25) is 0 Å². The van der Waals surface area contributed by atoms with Crippen molar-refractivity contribution in [3.8, 4) is 0 Å². The van der Waals surface area contributed by atoms with Crippen molar-refractivity contribution in [3.63, 3.8) is 0 Å². The first-order valence-electron chi connectivity index (χ1n) is 6.43. The summed E-state index contributed by atoms with van der Waals surface area (Å²) in [5, 5.41) is 0.0211. The minimum Gasteiger partial charge on any atom is -0.468 e. The Morgan fingerprint density at radius 1 is 1.50 bits per heavy atom. The monoisotopic (exact) mass is 301 g/mol. The molecule has 0 aliphatic heterocycles. The number of methoxy groups -OCH3 is 1. The molecule has 0 bridgehead atoms. The Morgan fingerprint density at radius 3 is 2.90 bits per heavy atom. The van der Waals surface area contributed by atoms with Crippen LogP contribution in [0.5, 0.6) is 0 Å². The fourth-order valence-corrected chi connectivity index (χ4v) is 3.84. The molecule has 2 unspecified atom stereocenters. The van der Waals surface area contributed by atoms with Crippen molar-refractivity contribution in [3.05, 3.63) is 29.8 Å². The Balaban J connectivity index is 2.08. The van der Waals surface area contributed by atoms with Gasteiger partial charge in [0.25, 0.3) is 0 Å². The molecule has 1 aromatic rings. The van der Waals surface area contributed by atoms with Gasteiger partial charge in [-0.15, -0.1) is 11.8 Å². The van der Waals surface area contributed by atoms with Crippen LogP contribution in [0.2, 0.25) is 0 Å². The van der Waals surface area contributed by atoms with E-state index in [1.807, 2.05) is 0 Å². The van der Waals surface area contributed by atoms with E-state index in [-0.39, 0.29) is 5.25 Å². The summed E-state index contributed by atoms with van der Waals surface area (Å²) in [6.45, 7) is 0. The first-order chi connectivity index (χ1) is 9.44. The molecule has 6 heteroatoms. The van der Waals surface area contributed by atoms with Gasteiger partial charge in [0.1, 0.15) is 17.2 Å². The van der Waals surface area contributed by atoms with Crippen molar-refractivity contribution < 1.29 is 18.3 Å². The van der Waals surface area contributed by atoms with Gasteiger partial charge in [0.05, 0.1) is 7.11 Å². The zero-order chi connectivity index (χ0) is 14.8. The van der Waals surface area contributed by atoms with Crippen LogP contribution in [0.25, 0.3) is 0 Å². The Labute approximate surface area is 120 Å². The summed E-state index contributed by atoms with van der Waals surface area (Å²) in [6.07, 6.45) is 2.63. The van der Waals surface area contributed by atoms with Crippen molar-refractivity contribution in [2.75, 3.05) is 7.11 Å². The quantitative estimate of drug-likeness (QED) is 0.872. The van der Waals surface area contributed by atoms with Crippen LogP contribution in [0, 0.1) is 11.6 Å². The molecule has 0 aromatic heterocycles. The molecular weight excluding hydrogens is 284 g/mol. The highest BCUT2D eigenvalue weighted by Gasteiger charge is 2.40. The highest BCUT2D eigenvalue weighted by Crippen LogP contribution is 2.38. The topological polar surface area (TPSA) is 52.3 Å². The van der Waals surface area contributed by atoms with Gasteiger partial charge in [-0.25, -0.2) is 8.78 Å². The number of rotatable bonds is 3. The van der Waals surface area contributed by atoms with Crippen LogP contribution in [0.3, 0.4) is 0 Å². The van der Waals surface area contributed by atoms with Crippen LogP contribution in [0.4, 0.5) is 8.78 Å². The van der Waals surface area contributed by atoms with E-state index in [4.69, 9.17) is 10.5 Å². The van der Waals surface area contributed by atoms with Crippen LogP contribution >= 0.6 is 11.8 Å². The van der Waals surface area contributed by atoms with Gasteiger partial charge in [0, 0.05) is 16.2 Å². The standard InChI is InChI=1S/C14H17F2NO2S/c1-19-13(18)14(17)6-2-3-10(8-14)20-12-5-4-9(15)7-11(12)16/h4-5,7,10H,2-3,6,8,17H2,1H3. The van der Waals surface area contributed by atoms with E-state index in [1.165, 1.54) is 31.0 Å². The minimum absolute atomic E-state index is 0.0211. The number of thioether (sulfide) groups is 1. The second-order valence-corrected chi connectivity index (χ2v) is 6.40. The lowest BCUT2D eigenvalue weighted by atomic mass is 9.82. The fraction of sp³-hybridized carbons (Fsp3) is 0.500. The molecule has 2 rings (SSSR count). The molecule has 2 atom stereocenters. The Morgan fingerprint density at radius 2 is 2.25 bits per heavy atom. The summed E-state index contributed by atoms with van der Waals surface area (Å²) in [7, 11) is 1.31. The van der Waals surface area contributed by atoms with E-state index < -0.39 is 23.1 Å². The molecule has 20 heavy (non-hydrogen) atoms. The average Bonchev–Trinajstić information content (AvgIpc) is 2.41. The normalized spacial score (nSPS) is 26.3. The fourth-order valence-electron chi connectivity index (χ4n) is 2.50. The van der Waals surface area contributed by atoms with Gasteiger partial charge >= 0.3 is 5.97 Å². The van der Waals surface area contributed by atoms with Gasteiger partial charge in [-0.05, 0) is 37.8 Å². The van der Waals surface area contributed by atoms with E-state index in [2.05, 4.69) is 0 Å². The van der Waals surface area contributed by atoms with Gasteiger partial charge in [0.15, 0.2) is 0 Å². The van der Waals surface area contributed by atoms with Crippen molar-refractivity contribution in [2.24, 2.45) is 5.73 Å². The van der Waals surface area contributed by atoms with Crippen molar-refractivity contribution in [1.29, 1.82) is 0 Å². The third kappa shape index (κ3) is 3.30. The van der Waals surface area contributed by atoms with Crippen LogP contribution < -0.4 is 5.73 Å². The molecule has 0 saturated heterocycles. The molecular formula is C14H17F2NO2S. The molecule has 0 radical (unpaired) electrons. The number of carbonyl (C=O) groups excluding carboxylic acids is 1. The average molecular weight is 301 g/mol.